The van der Waals surface area contributed by atoms with Crippen molar-refractivity contribution in [2.24, 2.45) is 5.92 Å². The van der Waals surface area contributed by atoms with E-state index in [1.165, 1.54) is 10.5 Å². The Morgan fingerprint density at radius 2 is 1.76 bits per heavy atom. The summed E-state index contributed by atoms with van der Waals surface area (Å²) in [6, 6.07) is 7.90. The van der Waals surface area contributed by atoms with Crippen molar-refractivity contribution >= 4 is 23.8 Å². The molecule has 0 aromatic heterocycles. The lowest BCUT2D eigenvalue weighted by molar-refractivity contribution is -0.123. The Morgan fingerprint density at radius 3 is 2.32 bits per heavy atom. The highest BCUT2D eigenvalue weighted by molar-refractivity contribution is 7.99. The Kier molecular flexibility index (Phi) is 9.00. The molecular formula is C19H30N2O3S. The molecular weight excluding hydrogens is 336 g/mol. The third kappa shape index (κ3) is 7.92. The van der Waals surface area contributed by atoms with Gasteiger partial charge in [-0.2, -0.15) is 0 Å². The zero-order valence-corrected chi connectivity index (χ0v) is 16.8. The maximum Gasteiger partial charge on any atom is 0.414 e. The summed E-state index contributed by atoms with van der Waals surface area (Å²) in [7, 11) is 0. The molecule has 1 aromatic rings. The first kappa shape index (κ1) is 21.5. The number of hydrogen-bond acceptors (Lipinski definition) is 5. The molecule has 0 aliphatic heterocycles. The monoisotopic (exact) mass is 366 g/mol. The third-order valence-electron chi connectivity index (χ3n) is 3.56. The molecule has 0 heterocycles. The zero-order valence-electron chi connectivity index (χ0n) is 16.0. The van der Waals surface area contributed by atoms with Crippen molar-refractivity contribution in [3.05, 3.63) is 29.8 Å². The second-order valence-electron chi connectivity index (χ2n) is 6.81. The van der Waals surface area contributed by atoms with Crippen LogP contribution in [0.2, 0.25) is 0 Å². The van der Waals surface area contributed by atoms with Gasteiger partial charge in [0.1, 0.15) is 0 Å². The van der Waals surface area contributed by atoms with Crippen LogP contribution in [0.4, 0.5) is 4.79 Å². The SMILES string of the molecule is Cc1ccccc1SCC(C)N[C@H](C(=O)NC(=O)OC(C)C)C(C)C. The first-order valence-electron chi connectivity index (χ1n) is 8.66. The predicted molar refractivity (Wildman–Crippen MR) is 103 cm³/mol. The number of imide groups is 1. The first-order chi connectivity index (χ1) is 11.7. The van der Waals surface area contributed by atoms with E-state index in [-0.39, 0.29) is 24.0 Å². The topological polar surface area (TPSA) is 67.4 Å². The van der Waals surface area contributed by atoms with Gasteiger partial charge in [-0.3, -0.25) is 10.1 Å². The molecule has 2 amide bonds. The van der Waals surface area contributed by atoms with Gasteiger partial charge in [0.2, 0.25) is 5.91 Å². The first-order valence-corrected chi connectivity index (χ1v) is 9.65. The van der Waals surface area contributed by atoms with Crippen LogP contribution in [0, 0.1) is 12.8 Å². The summed E-state index contributed by atoms with van der Waals surface area (Å²) in [4.78, 5) is 25.2. The van der Waals surface area contributed by atoms with Gasteiger partial charge in [0.05, 0.1) is 12.1 Å². The Bertz CT molecular complexity index is 576. The predicted octanol–water partition coefficient (Wildman–Crippen LogP) is 3.75. The van der Waals surface area contributed by atoms with E-state index in [0.29, 0.717) is 0 Å². The van der Waals surface area contributed by atoms with Crippen LogP contribution >= 0.6 is 11.8 Å². The smallest absolute Gasteiger partial charge is 0.414 e. The van der Waals surface area contributed by atoms with E-state index < -0.39 is 12.1 Å². The van der Waals surface area contributed by atoms with Crippen LogP contribution in [-0.2, 0) is 9.53 Å². The Morgan fingerprint density at radius 1 is 1.12 bits per heavy atom. The molecule has 1 rings (SSSR count). The van der Waals surface area contributed by atoms with E-state index >= 15 is 0 Å². The molecule has 0 bridgehead atoms. The van der Waals surface area contributed by atoms with Gasteiger partial charge in [-0.05, 0) is 45.2 Å². The summed E-state index contributed by atoms with van der Waals surface area (Å²) in [6.45, 7) is 11.5. The van der Waals surface area contributed by atoms with Gasteiger partial charge in [-0.15, -0.1) is 11.8 Å². The number of benzene rings is 1. The molecule has 0 spiro atoms. The number of thioether (sulfide) groups is 1. The molecule has 0 aliphatic carbocycles. The number of carbonyl (C=O) groups is 2. The van der Waals surface area contributed by atoms with Crippen molar-refractivity contribution in [1.29, 1.82) is 0 Å². The molecule has 0 saturated carbocycles. The normalized spacial score (nSPS) is 13.6. The number of carbonyl (C=O) groups excluding carboxylic acids is 2. The van der Waals surface area contributed by atoms with Crippen molar-refractivity contribution in [1.82, 2.24) is 10.6 Å². The lowest BCUT2D eigenvalue weighted by Gasteiger charge is -2.25. The van der Waals surface area contributed by atoms with Crippen LogP contribution in [0.5, 0.6) is 0 Å². The van der Waals surface area contributed by atoms with Gasteiger partial charge in [0.15, 0.2) is 0 Å². The second-order valence-corrected chi connectivity index (χ2v) is 7.87. The lowest BCUT2D eigenvalue weighted by atomic mass is 10.0. The number of ether oxygens (including phenoxy) is 1. The van der Waals surface area contributed by atoms with E-state index in [9.17, 15) is 9.59 Å². The molecule has 2 atom stereocenters. The molecule has 0 fully saturated rings. The van der Waals surface area contributed by atoms with Gasteiger partial charge >= 0.3 is 6.09 Å². The zero-order chi connectivity index (χ0) is 19.0. The molecule has 0 radical (unpaired) electrons. The quantitative estimate of drug-likeness (QED) is 0.686. The number of rotatable bonds is 8. The van der Waals surface area contributed by atoms with Gasteiger partial charge in [0, 0.05) is 16.7 Å². The standard InChI is InChI=1S/C19H30N2O3S/c1-12(2)17(18(22)21-19(23)24-13(3)4)20-15(6)11-25-16-10-8-7-9-14(16)5/h7-10,12-13,15,17,20H,11H2,1-6H3,(H,21,22,23)/t15?,17-/m0/s1. The van der Waals surface area contributed by atoms with Gasteiger partial charge in [-0.1, -0.05) is 32.0 Å². The summed E-state index contributed by atoms with van der Waals surface area (Å²) in [5.74, 6) is 0.531. The van der Waals surface area contributed by atoms with Crippen LogP contribution in [0.1, 0.15) is 40.2 Å². The van der Waals surface area contributed by atoms with Gasteiger partial charge < -0.3 is 10.1 Å². The summed E-state index contributed by atoms with van der Waals surface area (Å²) in [6.07, 6.45) is -0.961. The highest BCUT2D eigenvalue weighted by Gasteiger charge is 2.26. The maximum absolute atomic E-state index is 12.4. The van der Waals surface area contributed by atoms with Crippen LogP contribution in [0.25, 0.3) is 0 Å². The van der Waals surface area contributed by atoms with Crippen LogP contribution < -0.4 is 10.6 Å². The Hall–Kier alpha value is -1.53. The third-order valence-corrected chi connectivity index (χ3v) is 5.00. The number of hydrogen-bond donors (Lipinski definition) is 2. The minimum absolute atomic E-state index is 0.0535. The van der Waals surface area contributed by atoms with E-state index in [1.807, 2.05) is 32.9 Å². The highest BCUT2D eigenvalue weighted by Crippen LogP contribution is 2.22. The maximum atomic E-state index is 12.4. The Balaban J connectivity index is 2.57. The second kappa shape index (κ2) is 10.5. The highest BCUT2D eigenvalue weighted by atomic mass is 32.2. The molecule has 0 aliphatic rings. The van der Waals surface area contributed by atoms with Gasteiger partial charge in [-0.25, -0.2) is 4.79 Å². The number of amides is 2. The minimum Gasteiger partial charge on any atom is -0.447 e. The van der Waals surface area contributed by atoms with Crippen molar-refractivity contribution < 1.29 is 14.3 Å². The molecule has 6 heteroatoms. The lowest BCUT2D eigenvalue weighted by Crippen LogP contribution is -2.52. The molecule has 1 aromatic carbocycles. The van der Waals surface area contributed by atoms with Crippen molar-refractivity contribution in [3.63, 3.8) is 0 Å². The largest absolute Gasteiger partial charge is 0.447 e. The fourth-order valence-corrected chi connectivity index (χ4v) is 3.28. The molecule has 25 heavy (non-hydrogen) atoms. The fourth-order valence-electron chi connectivity index (χ4n) is 2.28. The van der Waals surface area contributed by atoms with E-state index in [2.05, 4.69) is 29.7 Å². The number of alkyl carbamates (subject to hydrolysis) is 1. The molecule has 2 N–H and O–H groups in total. The van der Waals surface area contributed by atoms with Crippen molar-refractivity contribution in [3.8, 4) is 0 Å². The fraction of sp³-hybridized carbons (Fsp3) is 0.579. The summed E-state index contributed by atoms with van der Waals surface area (Å²) >= 11 is 1.76. The van der Waals surface area contributed by atoms with E-state index in [4.69, 9.17) is 4.74 Å². The molecule has 5 nitrogen and oxygen atoms in total. The number of nitrogens with one attached hydrogen (secondary N) is 2. The van der Waals surface area contributed by atoms with Crippen molar-refractivity contribution in [2.45, 2.75) is 64.6 Å². The van der Waals surface area contributed by atoms with Crippen LogP contribution in [0.15, 0.2) is 29.2 Å². The van der Waals surface area contributed by atoms with Crippen molar-refractivity contribution in [2.75, 3.05) is 5.75 Å². The van der Waals surface area contributed by atoms with Gasteiger partial charge in [0.25, 0.3) is 0 Å². The molecule has 140 valence electrons. The summed E-state index contributed by atoms with van der Waals surface area (Å²) in [5.41, 5.74) is 1.24. The summed E-state index contributed by atoms with van der Waals surface area (Å²) in [5, 5.41) is 5.64. The average molecular weight is 367 g/mol. The average Bonchev–Trinajstić information content (AvgIpc) is 2.50. The minimum atomic E-state index is -0.700. The van der Waals surface area contributed by atoms with Crippen LogP contribution in [-0.4, -0.2) is 35.9 Å². The number of aryl methyl sites for hydroxylation is 1. The Labute approximate surface area is 155 Å². The molecule has 0 saturated heterocycles. The molecule has 1 unspecified atom stereocenters. The summed E-state index contributed by atoms with van der Waals surface area (Å²) < 4.78 is 4.97. The van der Waals surface area contributed by atoms with Crippen LogP contribution in [0.3, 0.4) is 0 Å². The van der Waals surface area contributed by atoms with E-state index in [1.54, 1.807) is 25.6 Å². The van der Waals surface area contributed by atoms with E-state index in [0.717, 1.165) is 5.75 Å².